The maximum atomic E-state index is 7.01. The predicted octanol–water partition coefficient (Wildman–Crippen LogP) is 18.2. The quantitative estimate of drug-likeness (QED) is 0.143. The third-order valence-electron chi connectivity index (χ3n) is 13.6. The van der Waals surface area contributed by atoms with Crippen molar-refractivity contribution in [2.24, 2.45) is 0 Å². The van der Waals surface area contributed by atoms with E-state index in [0.717, 1.165) is 78.0 Å². The van der Waals surface area contributed by atoms with Crippen LogP contribution in [0.2, 0.25) is 0 Å². The first kappa shape index (κ1) is 38.1. The average Bonchev–Trinajstić information content (AvgIpc) is 3.90. The lowest BCUT2D eigenvalue weighted by Gasteiger charge is -2.30. The van der Waals surface area contributed by atoms with E-state index in [2.05, 4.69) is 221 Å². The zero-order valence-electron chi connectivity index (χ0n) is 37.0. The van der Waals surface area contributed by atoms with E-state index in [9.17, 15) is 0 Å². The first-order chi connectivity index (χ1) is 31.3. The summed E-state index contributed by atoms with van der Waals surface area (Å²) in [5.41, 5.74) is 14.9. The van der Waals surface area contributed by atoms with Gasteiger partial charge in [0.1, 0.15) is 11.2 Å². The molecule has 10 aromatic carbocycles. The lowest BCUT2D eigenvalue weighted by Crippen LogP contribution is -2.13. The summed E-state index contributed by atoms with van der Waals surface area (Å²) in [4.78, 5) is 4.85. The predicted molar refractivity (Wildman–Crippen MR) is 272 cm³/mol. The summed E-state index contributed by atoms with van der Waals surface area (Å²) in [6.45, 7) is 13.3. The van der Waals surface area contributed by atoms with Crippen LogP contribution in [-0.4, -0.2) is 0 Å². The summed E-state index contributed by atoms with van der Waals surface area (Å²) in [5, 5.41) is 11.8. The minimum absolute atomic E-state index is 0.328. The van der Waals surface area contributed by atoms with Crippen LogP contribution in [-0.2, 0) is 0 Å². The van der Waals surface area contributed by atoms with E-state index in [4.69, 9.17) is 8.83 Å². The second-order valence-corrected chi connectivity index (χ2v) is 18.1. The Kier molecular flexibility index (Phi) is 8.64. The first-order valence-electron chi connectivity index (χ1n) is 22.6. The number of hydrogen-bond donors (Lipinski definition) is 0. The molecule has 64 heavy (non-hydrogen) atoms. The van der Waals surface area contributed by atoms with Gasteiger partial charge in [-0.15, -0.1) is 0 Å². The molecule has 0 bridgehead atoms. The number of aryl methyl sites for hydroxylation is 2. The molecule has 0 radical (unpaired) electrons. The van der Waals surface area contributed by atoms with Crippen molar-refractivity contribution in [3.63, 3.8) is 0 Å². The van der Waals surface area contributed by atoms with Gasteiger partial charge in [-0.2, -0.15) is 0 Å². The number of fused-ring (bicyclic) bond motifs is 6. The van der Waals surface area contributed by atoms with Gasteiger partial charge in [-0.1, -0.05) is 161 Å². The fraction of sp³-hybridized carbons (Fsp3) is 0.133. The molecule has 310 valence electrons. The molecule has 0 unspecified atom stereocenters. The lowest BCUT2D eigenvalue weighted by atomic mass is 9.91. The van der Waals surface area contributed by atoms with Gasteiger partial charge in [0.05, 0.1) is 22.7 Å². The first-order valence-corrected chi connectivity index (χ1v) is 22.6. The smallest absolute Gasteiger partial charge is 0.159 e. The van der Waals surface area contributed by atoms with Gasteiger partial charge in [0.15, 0.2) is 11.2 Å². The molecule has 12 rings (SSSR count). The summed E-state index contributed by atoms with van der Waals surface area (Å²) in [7, 11) is 0. The molecule has 2 heterocycles. The minimum atomic E-state index is 0.328. The van der Waals surface area contributed by atoms with Crippen molar-refractivity contribution in [3.8, 4) is 0 Å². The fourth-order valence-electron chi connectivity index (χ4n) is 10.5. The zero-order valence-corrected chi connectivity index (χ0v) is 37.0. The summed E-state index contributed by atoms with van der Waals surface area (Å²) < 4.78 is 14.0. The van der Waals surface area contributed by atoms with Crippen LogP contribution in [0.4, 0.5) is 34.1 Å². The van der Waals surface area contributed by atoms with Crippen LogP contribution in [0.3, 0.4) is 0 Å². The Labute approximate surface area is 372 Å². The van der Waals surface area contributed by atoms with Crippen LogP contribution in [0.25, 0.3) is 76.2 Å². The Hall–Kier alpha value is -7.56. The van der Waals surface area contributed by atoms with E-state index in [1.165, 1.54) is 54.6 Å². The van der Waals surface area contributed by atoms with Gasteiger partial charge < -0.3 is 18.6 Å². The molecule has 4 heteroatoms. The molecule has 0 aliphatic heterocycles. The highest BCUT2D eigenvalue weighted by Crippen LogP contribution is 2.51. The number of furan rings is 2. The normalized spacial score (nSPS) is 12.2. The van der Waals surface area contributed by atoms with Gasteiger partial charge >= 0.3 is 0 Å². The van der Waals surface area contributed by atoms with Crippen LogP contribution in [0.15, 0.2) is 179 Å². The number of anilines is 6. The zero-order chi connectivity index (χ0) is 43.4. The molecule has 0 saturated heterocycles. The molecule has 2 aromatic heterocycles. The van der Waals surface area contributed by atoms with Crippen LogP contribution in [0.5, 0.6) is 0 Å². The van der Waals surface area contributed by atoms with Crippen molar-refractivity contribution in [2.45, 2.75) is 53.4 Å². The van der Waals surface area contributed by atoms with Gasteiger partial charge in [-0.05, 0) is 106 Å². The third-order valence-corrected chi connectivity index (χ3v) is 13.6. The number of para-hydroxylation sites is 6. The standard InChI is InChI=1S/C60H48N2O2/c1-35(2)41-17-11-19-43-45-21-13-25-53(59(45)63-57(41)43)61(49-23-9-7-15-37(49)5)51-33-29-39-28-32-48-52(34-30-40-27-31-47(51)55(39)56(40)48)62(50-24-10-8-16-38(50)6)54-26-14-22-46-44-20-12-18-42(36(3)4)58(44)64-60(46)54/h7-36H,1-6H3. The second-order valence-electron chi connectivity index (χ2n) is 18.1. The molecule has 0 fully saturated rings. The van der Waals surface area contributed by atoms with E-state index >= 15 is 0 Å². The molecule has 4 nitrogen and oxygen atoms in total. The summed E-state index contributed by atoms with van der Waals surface area (Å²) >= 11 is 0. The monoisotopic (exact) mass is 828 g/mol. The molecule has 0 N–H and O–H groups in total. The Morgan fingerprint density at radius 3 is 1.08 bits per heavy atom. The molecule has 0 amide bonds. The topological polar surface area (TPSA) is 32.8 Å². The highest BCUT2D eigenvalue weighted by atomic mass is 16.3. The van der Waals surface area contributed by atoms with E-state index in [-0.39, 0.29) is 0 Å². The molecule has 0 spiro atoms. The number of benzene rings is 10. The SMILES string of the molecule is Cc1ccccc1N(c1ccc2ccc3c(N(c4ccccc4C)c4cccc5c4oc4c(C(C)C)cccc45)ccc4ccc1c2c43)c1cccc2c1oc1c(C(C)C)cccc12. The van der Waals surface area contributed by atoms with Crippen molar-refractivity contribution < 1.29 is 8.83 Å². The van der Waals surface area contributed by atoms with Gasteiger partial charge in [0, 0.05) is 43.7 Å². The Bertz CT molecular complexity index is 3540. The minimum Gasteiger partial charge on any atom is -0.454 e. The van der Waals surface area contributed by atoms with Crippen molar-refractivity contribution in [3.05, 3.63) is 192 Å². The molecule has 0 aliphatic rings. The average molecular weight is 829 g/mol. The van der Waals surface area contributed by atoms with Crippen molar-refractivity contribution in [1.29, 1.82) is 0 Å². The van der Waals surface area contributed by atoms with Crippen LogP contribution < -0.4 is 9.80 Å². The third kappa shape index (κ3) is 5.61. The van der Waals surface area contributed by atoms with E-state index in [1.807, 2.05) is 0 Å². The second kappa shape index (κ2) is 14.5. The molecule has 12 aromatic rings. The maximum absolute atomic E-state index is 7.01. The van der Waals surface area contributed by atoms with E-state index in [0.29, 0.717) is 11.8 Å². The van der Waals surface area contributed by atoms with Gasteiger partial charge in [0.25, 0.3) is 0 Å². The number of nitrogens with zero attached hydrogens (tertiary/aromatic N) is 2. The molecule has 0 saturated carbocycles. The molecule has 0 aliphatic carbocycles. The van der Waals surface area contributed by atoms with Crippen molar-refractivity contribution in [2.75, 3.05) is 9.80 Å². The van der Waals surface area contributed by atoms with E-state index in [1.54, 1.807) is 0 Å². The molecular formula is C60H48N2O2. The van der Waals surface area contributed by atoms with Gasteiger partial charge in [0.2, 0.25) is 0 Å². The van der Waals surface area contributed by atoms with Crippen LogP contribution in [0.1, 0.15) is 61.8 Å². The highest BCUT2D eigenvalue weighted by Gasteiger charge is 2.27. The van der Waals surface area contributed by atoms with Gasteiger partial charge in [-0.25, -0.2) is 0 Å². The Morgan fingerprint density at radius 1 is 0.312 bits per heavy atom. The lowest BCUT2D eigenvalue weighted by molar-refractivity contribution is 0.657. The number of hydrogen-bond acceptors (Lipinski definition) is 4. The largest absolute Gasteiger partial charge is 0.454 e. The summed E-state index contributed by atoms with van der Waals surface area (Å²) in [6, 6.07) is 62.1. The summed E-state index contributed by atoms with van der Waals surface area (Å²) in [6.07, 6.45) is 0. The Morgan fingerprint density at radius 2 is 0.672 bits per heavy atom. The van der Waals surface area contributed by atoms with E-state index < -0.39 is 0 Å². The summed E-state index contributed by atoms with van der Waals surface area (Å²) in [5.74, 6) is 0.655. The molecular weight excluding hydrogens is 781 g/mol. The van der Waals surface area contributed by atoms with Crippen LogP contribution >= 0.6 is 0 Å². The maximum Gasteiger partial charge on any atom is 0.159 e. The fourth-order valence-corrected chi connectivity index (χ4v) is 10.5. The van der Waals surface area contributed by atoms with Crippen molar-refractivity contribution in [1.82, 2.24) is 0 Å². The van der Waals surface area contributed by atoms with Gasteiger partial charge in [-0.3, -0.25) is 0 Å². The Balaban J connectivity index is 1.13. The van der Waals surface area contributed by atoms with Crippen LogP contribution in [0, 0.1) is 13.8 Å². The molecule has 0 atom stereocenters. The van der Waals surface area contributed by atoms with Crippen molar-refractivity contribution >= 4 is 110 Å². The number of rotatable bonds is 8. The highest BCUT2D eigenvalue weighted by molar-refractivity contribution is 6.29.